The van der Waals surface area contributed by atoms with Gasteiger partial charge in [0, 0.05) is 11.8 Å². The highest BCUT2D eigenvalue weighted by atomic mass is 35.5. The number of amides is 1. The molecule has 2 aromatic rings. The number of hydrogen-bond acceptors (Lipinski definition) is 7. The Morgan fingerprint density at radius 2 is 1.79 bits per heavy atom. The van der Waals surface area contributed by atoms with Gasteiger partial charge in [-0.1, -0.05) is 29.8 Å². The molecule has 0 radical (unpaired) electrons. The van der Waals surface area contributed by atoms with Crippen LogP contribution in [-0.4, -0.2) is 42.5 Å². The zero-order chi connectivity index (χ0) is 21.4. The Labute approximate surface area is 170 Å². The third kappa shape index (κ3) is 6.01. The third-order valence-electron chi connectivity index (χ3n) is 3.67. The molecule has 0 heterocycles. The molecule has 0 aromatic heterocycles. The molecule has 0 bridgehead atoms. The number of esters is 2. The predicted octanol–water partition coefficient (Wildman–Crippen LogP) is 3.00. The fourth-order valence-electron chi connectivity index (χ4n) is 2.34. The number of hydrogen-bond donors (Lipinski definition) is 0. The lowest BCUT2D eigenvalue weighted by Gasteiger charge is -2.21. The summed E-state index contributed by atoms with van der Waals surface area (Å²) in [6.07, 6.45) is 0. The van der Waals surface area contributed by atoms with Crippen molar-refractivity contribution in [2.24, 2.45) is 0 Å². The second-order valence-corrected chi connectivity index (χ2v) is 6.03. The summed E-state index contributed by atoms with van der Waals surface area (Å²) < 4.78 is 9.83. The molecule has 2 aromatic carbocycles. The lowest BCUT2D eigenvalue weighted by Crippen LogP contribution is -2.39. The van der Waals surface area contributed by atoms with Crippen LogP contribution in [0, 0.1) is 10.1 Å². The third-order valence-corrected chi connectivity index (χ3v) is 3.99. The summed E-state index contributed by atoms with van der Waals surface area (Å²) in [5, 5.41) is 10.8. The minimum absolute atomic E-state index is 0.132. The van der Waals surface area contributed by atoms with Gasteiger partial charge < -0.3 is 9.47 Å². The van der Waals surface area contributed by atoms with E-state index in [2.05, 4.69) is 0 Å². The highest BCUT2D eigenvalue weighted by Gasteiger charge is 2.22. The van der Waals surface area contributed by atoms with Crippen LogP contribution < -0.4 is 4.90 Å². The zero-order valence-corrected chi connectivity index (χ0v) is 16.1. The Balaban J connectivity index is 2.11. The standard InChI is InChI=1S/C19H17ClN2O7/c1-2-28-18(24)11-21(14-6-4-3-5-7-14)17(23)12-29-19(25)13-8-9-15(20)16(10-13)22(26)27/h3-10H,2,11-12H2,1H3. The minimum atomic E-state index is -0.942. The fourth-order valence-corrected chi connectivity index (χ4v) is 2.52. The summed E-state index contributed by atoms with van der Waals surface area (Å²) in [5.41, 5.74) is -0.171. The maximum absolute atomic E-state index is 12.6. The molecule has 0 fully saturated rings. The molecule has 10 heteroatoms. The van der Waals surface area contributed by atoms with E-state index in [9.17, 15) is 24.5 Å². The van der Waals surface area contributed by atoms with Gasteiger partial charge >= 0.3 is 11.9 Å². The Kier molecular flexibility index (Phi) is 7.67. The van der Waals surface area contributed by atoms with Gasteiger partial charge in [-0.2, -0.15) is 0 Å². The maximum Gasteiger partial charge on any atom is 0.338 e. The number of para-hydroxylation sites is 1. The second-order valence-electron chi connectivity index (χ2n) is 5.62. The highest BCUT2D eigenvalue weighted by molar-refractivity contribution is 6.32. The summed E-state index contributed by atoms with van der Waals surface area (Å²) in [6.45, 7) is 0.754. The molecule has 0 aliphatic rings. The zero-order valence-electron chi connectivity index (χ0n) is 15.4. The highest BCUT2D eigenvalue weighted by Crippen LogP contribution is 2.25. The van der Waals surface area contributed by atoms with Crippen LogP contribution in [0.2, 0.25) is 5.02 Å². The molecule has 29 heavy (non-hydrogen) atoms. The molecule has 0 N–H and O–H groups in total. The number of nitro benzene ring substituents is 1. The predicted molar refractivity (Wildman–Crippen MR) is 104 cm³/mol. The van der Waals surface area contributed by atoms with Crippen molar-refractivity contribution in [2.45, 2.75) is 6.92 Å². The number of halogens is 1. The van der Waals surface area contributed by atoms with Crippen LogP contribution in [0.1, 0.15) is 17.3 Å². The molecule has 0 unspecified atom stereocenters. The van der Waals surface area contributed by atoms with E-state index in [1.165, 1.54) is 12.1 Å². The average molecular weight is 421 g/mol. The van der Waals surface area contributed by atoms with E-state index < -0.39 is 35.1 Å². The smallest absolute Gasteiger partial charge is 0.338 e. The second kappa shape index (κ2) is 10.2. The monoisotopic (exact) mass is 420 g/mol. The summed E-state index contributed by atoms with van der Waals surface area (Å²) in [7, 11) is 0. The van der Waals surface area contributed by atoms with E-state index in [0.717, 1.165) is 11.0 Å². The van der Waals surface area contributed by atoms with E-state index in [1.54, 1.807) is 37.3 Å². The summed E-state index contributed by atoms with van der Waals surface area (Å²) in [6, 6.07) is 11.7. The quantitative estimate of drug-likeness (QED) is 0.366. The van der Waals surface area contributed by atoms with E-state index in [-0.39, 0.29) is 23.7 Å². The van der Waals surface area contributed by atoms with Crippen LogP contribution in [0.5, 0.6) is 0 Å². The number of carbonyl (C=O) groups excluding carboxylic acids is 3. The Morgan fingerprint density at radius 3 is 2.41 bits per heavy atom. The number of carbonyl (C=O) groups is 3. The maximum atomic E-state index is 12.6. The Hall–Kier alpha value is -3.46. The van der Waals surface area contributed by atoms with Gasteiger partial charge in [0.15, 0.2) is 6.61 Å². The van der Waals surface area contributed by atoms with Crippen molar-refractivity contribution in [1.29, 1.82) is 0 Å². The Morgan fingerprint density at radius 1 is 1.10 bits per heavy atom. The summed E-state index contributed by atoms with van der Waals surface area (Å²) in [4.78, 5) is 47.9. The lowest BCUT2D eigenvalue weighted by molar-refractivity contribution is -0.384. The van der Waals surface area contributed by atoms with Crippen molar-refractivity contribution < 1.29 is 28.8 Å². The summed E-state index contributed by atoms with van der Waals surface area (Å²) in [5.74, 6) is -2.23. The molecule has 0 atom stereocenters. The first-order valence-corrected chi connectivity index (χ1v) is 8.83. The van der Waals surface area contributed by atoms with E-state index in [1.807, 2.05) is 0 Å². The van der Waals surface area contributed by atoms with Gasteiger partial charge in [0.2, 0.25) is 0 Å². The largest absolute Gasteiger partial charge is 0.465 e. The molecule has 9 nitrogen and oxygen atoms in total. The van der Waals surface area contributed by atoms with Crippen LogP contribution in [0.4, 0.5) is 11.4 Å². The van der Waals surface area contributed by atoms with Gasteiger partial charge in [-0.15, -0.1) is 0 Å². The summed E-state index contributed by atoms with van der Waals surface area (Å²) >= 11 is 5.71. The van der Waals surface area contributed by atoms with Crippen molar-refractivity contribution >= 4 is 40.8 Å². The number of nitrogens with zero attached hydrogens (tertiary/aromatic N) is 2. The van der Waals surface area contributed by atoms with E-state index in [0.29, 0.717) is 5.69 Å². The molecule has 1 amide bonds. The van der Waals surface area contributed by atoms with E-state index >= 15 is 0 Å². The van der Waals surface area contributed by atoms with Gasteiger partial charge in [0.25, 0.3) is 11.6 Å². The van der Waals surface area contributed by atoms with Crippen LogP contribution in [0.3, 0.4) is 0 Å². The van der Waals surface area contributed by atoms with Crippen molar-refractivity contribution in [1.82, 2.24) is 0 Å². The topological polar surface area (TPSA) is 116 Å². The molecule has 0 aliphatic carbocycles. The van der Waals surface area contributed by atoms with Gasteiger partial charge in [-0.05, 0) is 31.2 Å². The van der Waals surface area contributed by atoms with Crippen molar-refractivity contribution in [3.05, 3.63) is 69.2 Å². The normalized spacial score (nSPS) is 10.1. The average Bonchev–Trinajstić information content (AvgIpc) is 2.71. The molecule has 152 valence electrons. The first-order chi connectivity index (χ1) is 13.8. The van der Waals surface area contributed by atoms with Crippen molar-refractivity contribution in [3.8, 4) is 0 Å². The first kappa shape index (κ1) is 21.8. The number of rotatable bonds is 8. The number of nitro groups is 1. The van der Waals surface area contributed by atoms with Gasteiger partial charge in [-0.25, -0.2) is 4.79 Å². The van der Waals surface area contributed by atoms with Crippen LogP contribution in [-0.2, 0) is 19.1 Å². The molecule has 0 saturated heterocycles. The lowest BCUT2D eigenvalue weighted by atomic mass is 10.2. The SMILES string of the molecule is CCOC(=O)CN(C(=O)COC(=O)c1ccc(Cl)c([N+](=O)[O-])c1)c1ccccc1. The van der Waals surface area contributed by atoms with Gasteiger partial charge in [-0.3, -0.25) is 24.6 Å². The van der Waals surface area contributed by atoms with E-state index in [4.69, 9.17) is 21.1 Å². The van der Waals surface area contributed by atoms with Gasteiger partial charge in [0.1, 0.15) is 11.6 Å². The minimum Gasteiger partial charge on any atom is -0.465 e. The van der Waals surface area contributed by atoms with Crippen LogP contribution in [0.25, 0.3) is 0 Å². The van der Waals surface area contributed by atoms with Crippen LogP contribution >= 0.6 is 11.6 Å². The first-order valence-electron chi connectivity index (χ1n) is 8.45. The fraction of sp³-hybridized carbons (Fsp3) is 0.211. The molecular formula is C19H17ClN2O7. The molecule has 2 rings (SSSR count). The molecular weight excluding hydrogens is 404 g/mol. The molecule has 0 spiro atoms. The van der Waals surface area contributed by atoms with Crippen molar-refractivity contribution in [2.75, 3.05) is 24.7 Å². The van der Waals surface area contributed by atoms with Crippen LogP contribution in [0.15, 0.2) is 48.5 Å². The number of benzene rings is 2. The van der Waals surface area contributed by atoms with Crippen molar-refractivity contribution in [3.63, 3.8) is 0 Å². The number of anilines is 1. The molecule has 0 saturated carbocycles. The Bertz CT molecular complexity index is 918. The molecule has 0 aliphatic heterocycles. The number of ether oxygens (including phenoxy) is 2. The van der Waals surface area contributed by atoms with Gasteiger partial charge in [0.05, 0.1) is 17.1 Å².